The van der Waals surface area contributed by atoms with E-state index in [0.29, 0.717) is 16.7 Å². The van der Waals surface area contributed by atoms with Crippen molar-refractivity contribution in [2.45, 2.75) is 31.3 Å². The number of hydrogen-bond donors (Lipinski definition) is 1. The second kappa shape index (κ2) is 9.58. The Hall–Kier alpha value is -3.45. The van der Waals surface area contributed by atoms with E-state index in [1.54, 1.807) is 12.1 Å². The Labute approximate surface area is 197 Å². The number of carbonyl (C=O) groups is 1. The minimum absolute atomic E-state index is 0.0572. The van der Waals surface area contributed by atoms with Crippen molar-refractivity contribution >= 4 is 23.4 Å². The summed E-state index contributed by atoms with van der Waals surface area (Å²) in [6.07, 6.45) is 0. The van der Waals surface area contributed by atoms with Crippen molar-refractivity contribution in [3.63, 3.8) is 0 Å². The molecule has 3 aromatic carbocycles. The highest BCUT2D eigenvalue weighted by atomic mass is 32.2. The van der Waals surface area contributed by atoms with Crippen molar-refractivity contribution in [1.29, 1.82) is 0 Å². The van der Waals surface area contributed by atoms with Gasteiger partial charge >= 0.3 is 0 Å². The third-order valence-corrected chi connectivity index (χ3v) is 6.03. The Morgan fingerprint density at radius 1 is 0.970 bits per heavy atom. The number of anilines is 1. The van der Waals surface area contributed by atoms with E-state index in [1.807, 2.05) is 34.9 Å². The number of benzene rings is 3. The van der Waals surface area contributed by atoms with Gasteiger partial charge in [0.05, 0.1) is 5.75 Å². The number of carbonyl (C=O) groups excluding carboxylic acids is 1. The first kappa shape index (κ1) is 22.7. The lowest BCUT2D eigenvalue weighted by atomic mass is 9.87. The fourth-order valence-electron chi connectivity index (χ4n) is 3.37. The molecule has 0 unspecified atom stereocenters. The summed E-state index contributed by atoms with van der Waals surface area (Å²) in [5.74, 6) is 0.176. The van der Waals surface area contributed by atoms with Gasteiger partial charge in [-0.2, -0.15) is 0 Å². The van der Waals surface area contributed by atoms with Gasteiger partial charge in [-0.1, -0.05) is 81.1 Å². The van der Waals surface area contributed by atoms with Crippen molar-refractivity contribution in [1.82, 2.24) is 14.8 Å². The fourth-order valence-corrected chi connectivity index (χ4v) is 4.12. The summed E-state index contributed by atoms with van der Waals surface area (Å²) in [7, 11) is 0. The van der Waals surface area contributed by atoms with Crippen LogP contribution in [0.15, 0.2) is 84.0 Å². The summed E-state index contributed by atoms with van der Waals surface area (Å²) in [5, 5.41) is 12.1. The molecule has 7 heteroatoms. The van der Waals surface area contributed by atoms with Gasteiger partial charge in [0.25, 0.3) is 0 Å². The monoisotopic (exact) mass is 460 g/mol. The van der Waals surface area contributed by atoms with Crippen LogP contribution in [0.4, 0.5) is 10.1 Å². The van der Waals surface area contributed by atoms with Crippen LogP contribution in [-0.4, -0.2) is 26.4 Å². The number of amides is 1. The number of rotatable bonds is 6. The van der Waals surface area contributed by atoms with Gasteiger partial charge in [-0.05, 0) is 41.3 Å². The lowest BCUT2D eigenvalue weighted by molar-refractivity contribution is -0.113. The Morgan fingerprint density at radius 2 is 1.70 bits per heavy atom. The third-order valence-electron chi connectivity index (χ3n) is 5.10. The predicted octanol–water partition coefficient (Wildman–Crippen LogP) is 6.10. The zero-order valence-corrected chi connectivity index (χ0v) is 19.6. The van der Waals surface area contributed by atoms with Crippen molar-refractivity contribution < 1.29 is 9.18 Å². The van der Waals surface area contributed by atoms with Crippen LogP contribution in [0.5, 0.6) is 0 Å². The van der Waals surface area contributed by atoms with Crippen LogP contribution in [0.3, 0.4) is 0 Å². The number of nitrogens with zero attached hydrogens (tertiary/aromatic N) is 3. The Bertz CT molecular complexity index is 1250. The lowest BCUT2D eigenvalue weighted by Crippen LogP contribution is -2.14. The molecule has 0 aliphatic rings. The maximum atomic E-state index is 13.4. The SMILES string of the molecule is CC(C)(C)c1ccc(-c2nnc(SCC(=O)Nc3cccc(F)c3)n2-c2ccccc2)cc1. The van der Waals surface area contributed by atoms with E-state index >= 15 is 0 Å². The first-order chi connectivity index (χ1) is 15.8. The average Bonchev–Trinajstić information content (AvgIpc) is 3.22. The quantitative estimate of drug-likeness (QED) is 0.353. The van der Waals surface area contributed by atoms with E-state index in [-0.39, 0.29) is 17.1 Å². The standard InChI is InChI=1S/C26H25FN4OS/c1-26(2,3)19-14-12-18(13-15-19)24-29-30-25(31(24)22-10-5-4-6-11-22)33-17-23(32)28-21-9-7-8-20(27)16-21/h4-16H,17H2,1-3H3,(H,28,32). The molecule has 1 aromatic heterocycles. The van der Waals surface area contributed by atoms with E-state index in [0.717, 1.165) is 11.3 Å². The summed E-state index contributed by atoms with van der Waals surface area (Å²) >= 11 is 1.28. The van der Waals surface area contributed by atoms with Crippen LogP contribution in [-0.2, 0) is 10.2 Å². The molecule has 0 bridgehead atoms. The summed E-state index contributed by atoms with van der Waals surface area (Å²) in [5.41, 5.74) is 3.56. The molecule has 0 spiro atoms. The first-order valence-corrected chi connectivity index (χ1v) is 11.6. The highest BCUT2D eigenvalue weighted by Gasteiger charge is 2.19. The molecule has 4 aromatic rings. The number of aromatic nitrogens is 3. The van der Waals surface area contributed by atoms with Crippen molar-refractivity contribution in [3.05, 3.63) is 90.2 Å². The van der Waals surface area contributed by atoms with Gasteiger partial charge in [0.2, 0.25) is 5.91 Å². The average molecular weight is 461 g/mol. The number of halogens is 1. The number of thioether (sulfide) groups is 1. The zero-order chi connectivity index (χ0) is 23.4. The molecular weight excluding hydrogens is 435 g/mol. The molecule has 0 atom stereocenters. The van der Waals surface area contributed by atoms with Crippen molar-refractivity contribution in [2.75, 3.05) is 11.1 Å². The summed E-state index contributed by atoms with van der Waals surface area (Å²) in [6, 6.07) is 24.0. The summed E-state index contributed by atoms with van der Waals surface area (Å²) < 4.78 is 15.3. The molecule has 0 saturated carbocycles. The fraction of sp³-hybridized carbons (Fsp3) is 0.192. The van der Waals surface area contributed by atoms with Crippen molar-refractivity contribution in [3.8, 4) is 17.1 Å². The van der Waals surface area contributed by atoms with Gasteiger partial charge in [-0.25, -0.2) is 4.39 Å². The smallest absolute Gasteiger partial charge is 0.234 e. The molecule has 0 fully saturated rings. The molecule has 4 rings (SSSR count). The maximum Gasteiger partial charge on any atom is 0.234 e. The first-order valence-electron chi connectivity index (χ1n) is 10.6. The van der Waals surface area contributed by atoms with Crippen molar-refractivity contribution in [2.24, 2.45) is 0 Å². The van der Waals surface area contributed by atoms with Gasteiger partial charge in [0.15, 0.2) is 11.0 Å². The largest absolute Gasteiger partial charge is 0.325 e. The Balaban J connectivity index is 1.60. The minimum Gasteiger partial charge on any atom is -0.325 e. The van der Waals surface area contributed by atoms with Gasteiger partial charge in [0, 0.05) is 16.9 Å². The zero-order valence-electron chi connectivity index (χ0n) is 18.7. The molecule has 5 nitrogen and oxygen atoms in total. The molecule has 168 valence electrons. The van der Waals surface area contributed by atoms with Crippen LogP contribution in [0.25, 0.3) is 17.1 Å². The maximum absolute atomic E-state index is 13.4. The second-order valence-corrected chi connectivity index (χ2v) is 9.59. The molecular formula is C26H25FN4OS. The lowest BCUT2D eigenvalue weighted by Gasteiger charge is -2.19. The number of hydrogen-bond acceptors (Lipinski definition) is 4. The molecule has 0 saturated heterocycles. The van der Waals surface area contributed by atoms with Gasteiger partial charge in [-0.15, -0.1) is 10.2 Å². The topological polar surface area (TPSA) is 59.8 Å². The van der Waals surface area contributed by atoms with Crippen LogP contribution < -0.4 is 5.32 Å². The number of para-hydroxylation sites is 1. The molecule has 1 heterocycles. The normalized spacial score (nSPS) is 11.4. The van der Waals surface area contributed by atoms with Crippen LogP contribution >= 0.6 is 11.8 Å². The highest BCUT2D eigenvalue weighted by Crippen LogP contribution is 2.30. The third kappa shape index (κ3) is 5.49. The highest BCUT2D eigenvalue weighted by molar-refractivity contribution is 7.99. The Kier molecular flexibility index (Phi) is 6.60. The molecule has 0 radical (unpaired) electrons. The molecule has 1 N–H and O–H groups in total. The molecule has 1 amide bonds. The van der Waals surface area contributed by atoms with Crippen LogP contribution in [0, 0.1) is 5.82 Å². The van der Waals surface area contributed by atoms with E-state index in [1.165, 1.54) is 29.5 Å². The second-order valence-electron chi connectivity index (χ2n) is 8.65. The van der Waals surface area contributed by atoms with Gasteiger partial charge in [0.1, 0.15) is 5.82 Å². The number of nitrogens with one attached hydrogen (secondary N) is 1. The summed E-state index contributed by atoms with van der Waals surface area (Å²) in [4.78, 5) is 12.4. The predicted molar refractivity (Wildman–Crippen MR) is 131 cm³/mol. The Morgan fingerprint density at radius 3 is 2.36 bits per heavy atom. The van der Waals surface area contributed by atoms with E-state index in [4.69, 9.17) is 0 Å². The molecule has 33 heavy (non-hydrogen) atoms. The van der Waals surface area contributed by atoms with E-state index < -0.39 is 5.82 Å². The van der Waals surface area contributed by atoms with Gasteiger partial charge in [-0.3, -0.25) is 9.36 Å². The van der Waals surface area contributed by atoms with Crippen LogP contribution in [0.2, 0.25) is 0 Å². The van der Waals surface area contributed by atoms with Crippen LogP contribution in [0.1, 0.15) is 26.3 Å². The van der Waals surface area contributed by atoms with Gasteiger partial charge < -0.3 is 5.32 Å². The summed E-state index contributed by atoms with van der Waals surface area (Å²) in [6.45, 7) is 6.54. The van der Waals surface area contributed by atoms with E-state index in [9.17, 15) is 9.18 Å². The molecule has 0 aliphatic carbocycles. The molecule has 0 aliphatic heterocycles. The van der Waals surface area contributed by atoms with E-state index in [2.05, 4.69) is 60.6 Å². The minimum atomic E-state index is -0.397.